The molecule has 1 aromatic carbocycles. The van der Waals surface area contributed by atoms with E-state index in [2.05, 4.69) is 18.7 Å². The molecule has 0 radical (unpaired) electrons. The van der Waals surface area contributed by atoms with Crippen LogP contribution in [0.4, 0.5) is 10.1 Å². The topological polar surface area (TPSA) is 29.3 Å². The third-order valence-corrected chi connectivity index (χ3v) is 4.37. The Labute approximate surface area is 109 Å². The first kappa shape index (κ1) is 13.3. The normalized spacial score (nSPS) is 19.0. The lowest BCUT2D eigenvalue weighted by molar-refractivity contribution is 0.238. The van der Waals surface area contributed by atoms with Gasteiger partial charge in [0.2, 0.25) is 0 Å². The van der Waals surface area contributed by atoms with Crippen molar-refractivity contribution in [2.75, 3.05) is 18.0 Å². The molecule has 1 heterocycles. The molecule has 18 heavy (non-hydrogen) atoms. The summed E-state index contributed by atoms with van der Waals surface area (Å²) in [6.45, 7) is 7.02. The summed E-state index contributed by atoms with van der Waals surface area (Å²) in [5.41, 5.74) is 7.90. The molecule has 0 spiro atoms. The molecule has 0 saturated carbocycles. The van der Waals surface area contributed by atoms with Crippen LogP contribution in [-0.4, -0.2) is 13.1 Å². The molecule has 100 valence electrons. The van der Waals surface area contributed by atoms with Crippen molar-refractivity contribution in [2.45, 2.75) is 39.7 Å². The number of hydrogen-bond donors (Lipinski definition) is 1. The summed E-state index contributed by atoms with van der Waals surface area (Å²) < 4.78 is 13.5. The van der Waals surface area contributed by atoms with Gasteiger partial charge in [0.05, 0.1) is 0 Å². The van der Waals surface area contributed by atoms with Crippen LogP contribution in [0.25, 0.3) is 0 Å². The number of nitrogens with two attached hydrogens (primary N) is 1. The summed E-state index contributed by atoms with van der Waals surface area (Å²) in [6, 6.07) is 5.15. The van der Waals surface area contributed by atoms with Gasteiger partial charge in [-0.25, -0.2) is 4.39 Å². The van der Waals surface area contributed by atoms with Crippen LogP contribution >= 0.6 is 0 Å². The maximum Gasteiger partial charge on any atom is 0.125 e. The van der Waals surface area contributed by atoms with Crippen molar-refractivity contribution in [1.82, 2.24) is 0 Å². The molecule has 0 atom stereocenters. The maximum atomic E-state index is 13.5. The number of hydrogen-bond acceptors (Lipinski definition) is 2. The highest BCUT2D eigenvalue weighted by molar-refractivity contribution is 5.49. The van der Waals surface area contributed by atoms with Crippen molar-refractivity contribution in [1.29, 1.82) is 0 Å². The van der Waals surface area contributed by atoms with Gasteiger partial charge in [-0.1, -0.05) is 20.3 Å². The Bertz CT molecular complexity index is 409. The van der Waals surface area contributed by atoms with E-state index in [1.165, 1.54) is 25.3 Å². The van der Waals surface area contributed by atoms with Gasteiger partial charge in [0.1, 0.15) is 5.82 Å². The highest BCUT2D eigenvalue weighted by Crippen LogP contribution is 2.35. The van der Waals surface area contributed by atoms with E-state index in [-0.39, 0.29) is 5.82 Å². The molecule has 3 heteroatoms. The van der Waals surface area contributed by atoms with Crippen LogP contribution in [0.1, 0.15) is 38.7 Å². The van der Waals surface area contributed by atoms with Crippen molar-refractivity contribution < 1.29 is 4.39 Å². The van der Waals surface area contributed by atoms with Crippen LogP contribution in [0.2, 0.25) is 0 Å². The molecule has 2 rings (SSSR count). The Morgan fingerprint density at radius 1 is 1.28 bits per heavy atom. The molecule has 0 aromatic heterocycles. The SMILES string of the molecule is CCC1(C)CCN(c2cc(F)cc(CN)c2)CC1. The van der Waals surface area contributed by atoms with Crippen LogP contribution in [0, 0.1) is 11.2 Å². The summed E-state index contributed by atoms with van der Waals surface area (Å²) in [7, 11) is 0. The zero-order chi connectivity index (χ0) is 13.2. The van der Waals surface area contributed by atoms with Crippen LogP contribution in [0.3, 0.4) is 0 Å². The molecule has 2 N–H and O–H groups in total. The highest BCUT2D eigenvalue weighted by Gasteiger charge is 2.28. The van der Waals surface area contributed by atoms with E-state index in [9.17, 15) is 4.39 Å². The van der Waals surface area contributed by atoms with Gasteiger partial charge >= 0.3 is 0 Å². The Morgan fingerprint density at radius 3 is 2.50 bits per heavy atom. The van der Waals surface area contributed by atoms with Crippen molar-refractivity contribution in [2.24, 2.45) is 11.1 Å². The van der Waals surface area contributed by atoms with Crippen molar-refractivity contribution >= 4 is 5.69 Å². The standard InChI is InChI=1S/C15H23FN2/c1-3-15(2)4-6-18(7-5-15)14-9-12(11-17)8-13(16)10-14/h8-10H,3-7,11,17H2,1-2H3. The van der Waals surface area contributed by atoms with Crippen LogP contribution < -0.4 is 10.6 Å². The monoisotopic (exact) mass is 250 g/mol. The van der Waals surface area contributed by atoms with Crippen molar-refractivity contribution in [3.63, 3.8) is 0 Å². The predicted octanol–water partition coefficient (Wildman–Crippen LogP) is 3.30. The Kier molecular flexibility index (Phi) is 3.91. The third-order valence-electron chi connectivity index (χ3n) is 4.37. The minimum Gasteiger partial charge on any atom is -0.371 e. The van der Waals surface area contributed by atoms with E-state index in [1.54, 1.807) is 6.07 Å². The minimum atomic E-state index is -0.184. The van der Waals surface area contributed by atoms with E-state index in [0.29, 0.717) is 12.0 Å². The van der Waals surface area contributed by atoms with Gasteiger partial charge in [0.25, 0.3) is 0 Å². The van der Waals surface area contributed by atoms with Crippen molar-refractivity contribution in [3.05, 3.63) is 29.6 Å². The third kappa shape index (κ3) is 2.83. The number of rotatable bonds is 3. The fraction of sp³-hybridized carbons (Fsp3) is 0.600. The summed E-state index contributed by atoms with van der Waals surface area (Å²) in [4.78, 5) is 2.28. The summed E-state index contributed by atoms with van der Waals surface area (Å²) in [5.74, 6) is -0.184. The van der Waals surface area contributed by atoms with E-state index < -0.39 is 0 Å². The van der Waals surface area contributed by atoms with Gasteiger partial charge in [-0.2, -0.15) is 0 Å². The van der Waals surface area contributed by atoms with Crippen LogP contribution in [0.15, 0.2) is 18.2 Å². The number of piperidine rings is 1. The van der Waals surface area contributed by atoms with Crippen LogP contribution in [-0.2, 0) is 6.54 Å². The summed E-state index contributed by atoms with van der Waals surface area (Å²) in [5, 5.41) is 0. The maximum absolute atomic E-state index is 13.5. The van der Waals surface area contributed by atoms with Gasteiger partial charge < -0.3 is 10.6 Å². The zero-order valence-corrected chi connectivity index (χ0v) is 11.4. The van der Waals surface area contributed by atoms with Gasteiger partial charge in [-0.15, -0.1) is 0 Å². The molecular weight excluding hydrogens is 227 g/mol. The molecule has 1 aromatic rings. The van der Waals surface area contributed by atoms with Gasteiger partial charge in [-0.05, 0) is 42.0 Å². The molecule has 1 fully saturated rings. The van der Waals surface area contributed by atoms with E-state index in [4.69, 9.17) is 5.73 Å². The second-order valence-corrected chi connectivity index (χ2v) is 5.67. The number of anilines is 1. The van der Waals surface area contributed by atoms with Crippen molar-refractivity contribution in [3.8, 4) is 0 Å². The van der Waals surface area contributed by atoms with E-state index in [0.717, 1.165) is 24.3 Å². The highest BCUT2D eigenvalue weighted by atomic mass is 19.1. The number of halogens is 1. The largest absolute Gasteiger partial charge is 0.371 e. The lowest BCUT2D eigenvalue weighted by Crippen LogP contribution is -2.38. The van der Waals surface area contributed by atoms with E-state index in [1.807, 2.05) is 6.07 Å². The minimum absolute atomic E-state index is 0.184. The zero-order valence-electron chi connectivity index (χ0n) is 11.4. The van der Waals surface area contributed by atoms with Gasteiger partial charge in [0, 0.05) is 25.3 Å². The van der Waals surface area contributed by atoms with Gasteiger partial charge in [0.15, 0.2) is 0 Å². The molecule has 0 unspecified atom stereocenters. The molecule has 0 amide bonds. The molecule has 0 bridgehead atoms. The second kappa shape index (κ2) is 5.27. The lowest BCUT2D eigenvalue weighted by Gasteiger charge is -2.40. The van der Waals surface area contributed by atoms with Crippen LogP contribution in [0.5, 0.6) is 0 Å². The number of nitrogens with zero attached hydrogens (tertiary/aromatic N) is 1. The molecule has 2 nitrogen and oxygen atoms in total. The smallest absolute Gasteiger partial charge is 0.125 e. The fourth-order valence-electron chi connectivity index (χ4n) is 2.59. The Hall–Kier alpha value is -1.09. The first-order valence-electron chi connectivity index (χ1n) is 6.81. The van der Waals surface area contributed by atoms with Gasteiger partial charge in [-0.3, -0.25) is 0 Å². The summed E-state index contributed by atoms with van der Waals surface area (Å²) in [6.07, 6.45) is 3.58. The van der Waals surface area contributed by atoms with E-state index >= 15 is 0 Å². The molecule has 0 aliphatic carbocycles. The average molecular weight is 250 g/mol. The Balaban J connectivity index is 2.12. The summed E-state index contributed by atoms with van der Waals surface area (Å²) >= 11 is 0. The molecule has 1 aliphatic heterocycles. The fourth-order valence-corrected chi connectivity index (χ4v) is 2.59. The average Bonchev–Trinajstić information content (AvgIpc) is 2.39. The molecule has 1 saturated heterocycles. The Morgan fingerprint density at radius 2 is 1.94 bits per heavy atom. The first-order chi connectivity index (χ1) is 8.56. The predicted molar refractivity (Wildman–Crippen MR) is 74.1 cm³/mol. The quantitative estimate of drug-likeness (QED) is 0.892. The molecular formula is C15H23FN2. The number of benzene rings is 1. The molecule has 1 aliphatic rings. The first-order valence-corrected chi connectivity index (χ1v) is 6.81. The lowest BCUT2D eigenvalue weighted by atomic mass is 9.78. The second-order valence-electron chi connectivity index (χ2n) is 5.67.